The zero-order valence-electron chi connectivity index (χ0n) is 29.6. The molecule has 7 nitrogen and oxygen atoms in total. The van der Waals surface area contributed by atoms with Crippen molar-refractivity contribution in [1.82, 2.24) is 10.2 Å². The van der Waals surface area contributed by atoms with Gasteiger partial charge in [0.25, 0.3) is 0 Å². The van der Waals surface area contributed by atoms with Gasteiger partial charge in [-0.25, -0.2) is 0 Å². The first-order valence-corrected chi connectivity index (χ1v) is 16.5. The average molecular weight is 608 g/mol. The zero-order valence-corrected chi connectivity index (χ0v) is 29.6. The second kappa shape index (κ2) is 12.7. The minimum absolute atomic E-state index is 0.00210. The van der Waals surface area contributed by atoms with Gasteiger partial charge < -0.3 is 9.15 Å². The molecular weight excluding hydrogens is 550 g/mol. The number of ether oxygens (including phenoxy) is 1. The number of fused-ring (bicyclic) bond motifs is 1. The fourth-order valence-electron chi connectivity index (χ4n) is 8.41. The Morgan fingerprint density at radius 2 is 1.73 bits per heavy atom. The van der Waals surface area contributed by atoms with Crippen molar-refractivity contribution in [2.75, 3.05) is 7.11 Å². The lowest BCUT2D eigenvalue weighted by atomic mass is 9.42. The van der Waals surface area contributed by atoms with Crippen molar-refractivity contribution >= 4 is 11.6 Å². The molecule has 244 valence electrons. The number of rotatable bonds is 13. The topological polar surface area (TPSA) is 106 Å². The maximum atomic E-state index is 13.3. The molecule has 0 saturated heterocycles. The Hall–Kier alpha value is -2.59. The quantitative estimate of drug-likeness (QED) is 0.206. The molecule has 0 bridgehead atoms. The second-order valence-electron chi connectivity index (χ2n) is 16.4. The third-order valence-electron chi connectivity index (χ3n) is 11.8. The van der Waals surface area contributed by atoms with E-state index < -0.39 is 10.8 Å². The van der Waals surface area contributed by atoms with Gasteiger partial charge in [0.2, 0.25) is 11.8 Å². The lowest BCUT2D eigenvalue weighted by Gasteiger charge is -2.61. The predicted octanol–water partition coefficient (Wildman–Crippen LogP) is 8.88. The van der Waals surface area contributed by atoms with Crippen molar-refractivity contribution in [2.24, 2.45) is 33.0 Å². The number of carbonyl (C=O) groups excluding carboxylic acids is 2. The van der Waals surface area contributed by atoms with Gasteiger partial charge in [-0.05, 0) is 80.1 Å². The van der Waals surface area contributed by atoms with Crippen LogP contribution in [0.1, 0.15) is 139 Å². The normalized spacial score (nSPS) is 27.8. The third kappa shape index (κ3) is 6.66. The summed E-state index contributed by atoms with van der Waals surface area (Å²) in [6.07, 6.45) is 11.3. The number of methoxy groups -OCH3 is 1. The lowest BCUT2D eigenvalue weighted by Crippen LogP contribution is -2.55. The van der Waals surface area contributed by atoms with E-state index in [4.69, 9.17) is 9.15 Å². The first-order chi connectivity index (χ1) is 20.2. The fourth-order valence-corrected chi connectivity index (χ4v) is 8.41. The molecule has 0 aliphatic heterocycles. The highest BCUT2D eigenvalue weighted by atomic mass is 16.5. The Kier molecular flexibility index (Phi) is 10.3. The zero-order chi connectivity index (χ0) is 33.4. The van der Waals surface area contributed by atoms with E-state index in [0.717, 1.165) is 56.9 Å². The van der Waals surface area contributed by atoms with E-state index in [9.17, 15) is 14.9 Å². The third-order valence-corrected chi connectivity index (χ3v) is 11.8. The van der Waals surface area contributed by atoms with Gasteiger partial charge in [0.05, 0.1) is 5.57 Å². The van der Waals surface area contributed by atoms with Crippen molar-refractivity contribution < 1.29 is 18.7 Å². The van der Waals surface area contributed by atoms with Crippen molar-refractivity contribution in [3.05, 3.63) is 35.1 Å². The predicted molar refractivity (Wildman–Crippen MR) is 173 cm³/mol. The molecule has 3 rings (SSSR count). The van der Waals surface area contributed by atoms with E-state index in [1.54, 1.807) is 14.0 Å². The van der Waals surface area contributed by atoms with Crippen LogP contribution in [0.25, 0.3) is 0 Å². The van der Waals surface area contributed by atoms with Crippen LogP contribution in [-0.4, -0.2) is 28.9 Å². The Bertz CT molecular complexity index is 1340. The molecule has 1 aromatic rings. The molecule has 0 radical (unpaired) electrons. The molecule has 0 aromatic carbocycles. The highest BCUT2D eigenvalue weighted by Gasteiger charge is 2.61. The minimum atomic E-state index is -0.697. The number of aromatic nitrogens is 2. The van der Waals surface area contributed by atoms with Crippen LogP contribution in [0.5, 0.6) is 0 Å². The number of hydrogen-bond donors (Lipinski definition) is 0. The van der Waals surface area contributed by atoms with Crippen LogP contribution in [0.15, 0.2) is 27.7 Å². The fraction of sp³-hybridized carbons (Fsp3) is 0.757. The number of carbonyl (C=O) groups is 2. The van der Waals surface area contributed by atoms with Crippen molar-refractivity contribution in [3.63, 3.8) is 0 Å². The number of allylic oxidation sites excluding steroid dienone is 4. The SMILES string of the molecule is CCCC(C)(C)CC[C@@](C)(CCC(C)(C)[C@]1(C)CC[C@H]2C(C)(C)C(=O)C(C#N)=C[C@]2(C)/C1=C/C(C)=O)c1nnc(COC)o1. The summed E-state index contributed by atoms with van der Waals surface area (Å²) < 4.78 is 11.5. The molecule has 1 saturated carbocycles. The standard InChI is InChI=1S/C37H57N3O4/c1-13-15-32(3,4)17-19-35(9,31-40-39-29(44-31)24-43-12)20-18-33(5,6)37(11)16-14-27-34(7,8)30(42)26(23-38)22-36(27,10)28(37)21-25(2)41/h21-22,27H,13-20,24H2,1-12H3/b28-21-/t27-,35-,36-,37+/m0/s1. The van der Waals surface area contributed by atoms with Gasteiger partial charge in [-0.15, -0.1) is 10.2 Å². The Labute approximate surface area is 266 Å². The maximum absolute atomic E-state index is 13.3. The van der Waals surface area contributed by atoms with Crippen molar-refractivity contribution in [1.29, 1.82) is 5.26 Å². The van der Waals surface area contributed by atoms with Crippen LogP contribution in [0.2, 0.25) is 0 Å². The van der Waals surface area contributed by atoms with Crippen LogP contribution in [0.3, 0.4) is 0 Å². The van der Waals surface area contributed by atoms with E-state index in [0.29, 0.717) is 11.8 Å². The van der Waals surface area contributed by atoms with Crippen LogP contribution in [0, 0.1) is 44.3 Å². The summed E-state index contributed by atoms with van der Waals surface area (Å²) in [5.74, 6) is 1.03. The summed E-state index contributed by atoms with van der Waals surface area (Å²) in [7, 11) is 1.62. The number of Topliss-reactive ketones (excluding diaryl/α,β-unsaturated/α-hetero) is 1. The van der Waals surface area contributed by atoms with Gasteiger partial charge >= 0.3 is 0 Å². The minimum Gasteiger partial charge on any atom is -0.422 e. The van der Waals surface area contributed by atoms with Gasteiger partial charge in [-0.3, -0.25) is 9.59 Å². The van der Waals surface area contributed by atoms with Crippen LogP contribution in [0.4, 0.5) is 0 Å². The lowest BCUT2D eigenvalue weighted by molar-refractivity contribution is -0.131. The average Bonchev–Trinajstić information content (AvgIpc) is 3.40. The van der Waals surface area contributed by atoms with Gasteiger partial charge in [-0.2, -0.15) is 5.26 Å². The van der Waals surface area contributed by atoms with Gasteiger partial charge in [-0.1, -0.05) is 87.3 Å². The van der Waals surface area contributed by atoms with Crippen molar-refractivity contribution in [3.8, 4) is 6.07 Å². The first-order valence-electron chi connectivity index (χ1n) is 16.5. The van der Waals surface area contributed by atoms with E-state index in [2.05, 4.69) is 71.7 Å². The summed E-state index contributed by atoms with van der Waals surface area (Å²) in [6, 6.07) is 2.18. The monoisotopic (exact) mass is 607 g/mol. The second-order valence-corrected chi connectivity index (χ2v) is 16.4. The smallest absolute Gasteiger partial charge is 0.242 e. The molecule has 1 heterocycles. The van der Waals surface area contributed by atoms with E-state index in [-0.39, 0.29) is 51.3 Å². The van der Waals surface area contributed by atoms with E-state index in [1.807, 2.05) is 26.0 Å². The molecule has 2 aliphatic rings. The largest absolute Gasteiger partial charge is 0.422 e. The number of hydrogen-bond acceptors (Lipinski definition) is 7. The molecule has 0 unspecified atom stereocenters. The van der Waals surface area contributed by atoms with Gasteiger partial charge in [0.1, 0.15) is 12.7 Å². The molecular formula is C37H57N3O4. The van der Waals surface area contributed by atoms with E-state index >= 15 is 0 Å². The molecule has 1 aromatic heterocycles. The van der Waals surface area contributed by atoms with Gasteiger partial charge in [0.15, 0.2) is 11.6 Å². The van der Waals surface area contributed by atoms with Crippen LogP contribution < -0.4 is 0 Å². The number of nitriles is 1. The molecule has 0 spiro atoms. The Balaban J connectivity index is 2.05. The molecule has 1 fully saturated rings. The summed E-state index contributed by atoms with van der Waals surface area (Å²) in [5.41, 5.74) is -0.761. The molecule has 7 heteroatoms. The summed E-state index contributed by atoms with van der Waals surface area (Å²) in [4.78, 5) is 26.2. The van der Waals surface area contributed by atoms with Crippen LogP contribution in [-0.2, 0) is 26.3 Å². The van der Waals surface area contributed by atoms with Crippen LogP contribution >= 0.6 is 0 Å². The van der Waals surface area contributed by atoms with Gasteiger partial charge in [0, 0.05) is 23.4 Å². The summed E-state index contributed by atoms with van der Waals surface area (Å²) in [6.45, 7) is 24.0. The Morgan fingerprint density at radius 3 is 2.30 bits per heavy atom. The molecule has 0 N–H and O–H groups in total. The van der Waals surface area contributed by atoms with Crippen molar-refractivity contribution in [2.45, 2.75) is 140 Å². The number of ketones is 2. The summed E-state index contributed by atoms with van der Waals surface area (Å²) in [5, 5.41) is 18.8. The first kappa shape index (κ1) is 35.9. The molecule has 44 heavy (non-hydrogen) atoms. The highest BCUT2D eigenvalue weighted by Crippen LogP contribution is 2.67. The van der Waals surface area contributed by atoms with E-state index in [1.165, 1.54) is 0 Å². The highest BCUT2D eigenvalue weighted by molar-refractivity contribution is 6.04. The maximum Gasteiger partial charge on any atom is 0.242 e. The molecule has 0 amide bonds. The molecule has 4 atom stereocenters. The molecule has 2 aliphatic carbocycles. The number of nitrogens with zero attached hydrogens (tertiary/aromatic N) is 3. The summed E-state index contributed by atoms with van der Waals surface area (Å²) >= 11 is 0. The Morgan fingerprint density at radius 1 is 1.09 bits per heavy atom.